The van der Waals surface area contributed by atoms with Gasteiger partial charge in [-0.2, -0.15) is 0 Å². The summed E-state index contributed by atoms with van der Waals surface area (Å²) in [7, 11) is 0. The molecule has 0 aromatic carbocycles. The Morgan fingerprint density at radius 2 is 2.58 bits per heavy atom. The summed E-state index contributed by atoms with van der Waals surface area (Å²) in [5.41, 5.74) is 5.27. The molecule has 1 unspecified atom stereocenters. The summed E-state index contributed by atoms with van der Waals surface area (Å²) in [6, 6.07) is 0. The molecule has 1 rings (SSSR count). The van der Waals surface area contributed by atoms with E-state index in [-0.39, 0.29) is 6.54 Å². The Morgan fingerprint density at radius 1 is 1.92 bits per heavy atom. The molecule has 0 aliphatic heterocycles. The molecule has 6 heteroatoms. The summed E-state index contributed by atoms with van der Waals surface area (Å²) in [6.45, 7) is 0.0633. The van der Waals surface area contributed by atoms with E-state index in [1.807, 2.05) is 0 Å². The minimum absolute atomic E-state index is 0.0633. The number of rotatable bonds is 3. The van der Waals surface area contributed by atoms with E-state index in [0.717, 1.165) is 11.3 Å². The maximum Gasteiger partial charge on any atom is 0.313 e. The number of aliphatic carboxylic acids is 1. The maximum atomic E-state index is 10.6. The van der Waals surface area contributed by atoms with E-state index in [1.165, 1.54) is 6.20 Å². The predicted octanol–water partition coefficient (Wildman–Crippen LogP) is 0.923. The fraction of sp³-hybridized carbons (Fsp3) is 0.333. The van der Waals surface area contributed by atoms with Crippen molar-refractivity contribution < 1.29 is 9.90 Å². The Hall–Kier alpha value is -0.650. The zero-order valence-corrected chi connectivity index (χ0v) is 7.60. The van der Waals surface area contributed by atoms with Crippen LogP contribution in [0.2, 0.25) is 4.47 Å². The summed E-state index contributed by atoms with van der Waals surface area (Å²) in [6.07, 6.45) is 1.44. The summed E-state index contributed by atoms with van der Waals surface area (Å²) >= 11 is 6.68. The van der Waals surface area contributed by atoms with Gasteiger partial charge in [-0.3, -0.25) is 4.79 Å². The predicted molar refractivity (Wildman–Crippen MR) is 46.6 cm³/mol. The number of aromatic nitrogens is 1. The first-order valence-corrected chi connectivity index (χ1v) is 4.38. The number of nitrogens with zero attached hydrogens (tertiary/aromatic N) is 1. The third-order valence-corrected chi connectivity index (χ3v) is 2.60. The third kappa shape index (κ3) is 1.94. The summed E-state index contributed by atoms with van der Waals surface area (Å²) < 4.78 is 0.338. The molecule has 0 amide bonds. The van der Waals surface area contributed by atoms with Gasteiger partial charge in [-0.05, 0) is 0 Å². The highest BCUT2D eigenvalue weighted by Crippen LogP contribution is 2.25. The number of halogens is 1. The van der Waals surface area contributed by atoms with Gasteiger partial charge < -0.3 is 10.8 Å². The molecule has 1 aromatic rings. The quantitative estimate of drug-likeness (QED) is 0.771. The molecule has 3 N–H and O–H groups in total. The van der Waals surface area contributed by atoms with Gasteiger partial charge in [0.25, 0.3) is 0 Å². The lowest BCUT2D eigenvalue weighted by molar-refractivity contribution is -0.138. The van der Waals surface area contributed by atoms with Gasteiger partial charge in [0.1, 0.15) is 5.92 Å². The van der Waals surface area contributed by atoms with Crippen molar-refractivity contribution >= 4 is 28.9 Å². The van der Waals surface area contributed by atoms with Crippen LogP contribution >= 0.6 is 22.9 Å². The average molecular weight is 207 g/mol. The lowest BCUT2D eigenvalue weighted by atomic mass is 10.1. The Labute approximate surface area is 78.0 Å². The monoisotopic (exact) mass is 206 g/mol. The van der Waals surface area contributed by atoms with E-state index >= 15 is 0 Å². The Balaban J connectivity index is 2.87. The van der Waals surface area contributed by atoms with Gasteiger partial charge in [0, 0.05) is 17.6 Å². The van der Waals surface area contributed by atoms with Crippen LogP contribution in [0.25, 0.3) is 0 Å². The number of carboxylic acid groups (broad SMARTS) is 1. The van der Waals surface area contributed by atoms with Crippen LogP contribution < -0.4 is 5.73 Å². The Bertz CT molecular complexity index is 289. The fourth-order valence-electron chi connectivity index (χ4n) is 0.764. The van der Waals surface area contributed by atoms with Crippen LogP contribution in [0.5, 0.6) is 0 Å². The second-order valence-electron chi connectivity index (χ2n) is 2.14. The van der Waals surface area contributed by atoms with Crippen molar-refractivity contribution in [1.29, 1.82) is 0 Å². The molecular formula is C6H7ClN2O2S. The van der Waals surface area contributed by atoms with Crippen molar-refractivity contribution in [3.8, 4) is 0 Å². The summed E-state index contributed by atoms with van der Waals surface area (Å²) in [5.74, 6) is -1.63. The largest absolute Gasteiger partial charge is 0.481 e. The highest BCUT2D eigenvalue weighted by atomic mass is 35.5. The molecule has 1 heterocycles. The second kappa shape index (κ2) is 3.84. The summed E-state index contributed by atoms with van der Waals surface area (Å²) in [4.78, 5) is 14.9. The van der Waals surface area contributed by atoms with Gasteiger partial charge in [-0.1, -0.05) is 11.6 Å². The molecule has 12 heavy (non-hydrogen) atoms. The molecule has 0 bridgehead atoms. The number of hydrogen-bond acceptors (Lipinski definition) is 4. The minimum Gasteiger partial charge on any atom is -0.481 e. The van der Waals surface area contributed by atoms with E-state index in [4.69, 9.17) is 22.4 Å². The molecule has 0 aliphatic rings. The molecule has 0 saturated heterocycles. The number of carbonyl (C=O) groups is 1. The van der Waals surface area contributed by atoms with E-state index in [0.29, 0.717) is 9.34 Å². The third-order valence-electron chi connectivity index (χ3n) is 1.37. The Kier molecular flexibility index (Phi) is 3.02. The van der Waals surface area contributed by atoms with Crippen molar-refractivity contribution in [3.63, 3.8) is 0 Å². The van der Waals surface area contributed by atoms with E-state index in [9.17, 15) is 4.79 Å². The van der Waals surface area contributed by atoms with Crippen molar-refractivity contribution in [1.82, 2.24) is 4.98 Å². The van der Waals surface area contributed by atoms with Gasteiger partial charge in [0.05, 0.1) is 0 Å². The first kappa shape index (κ1) is 9.44. The van der Waals surface area contributed by atoms with Crippen molar-refractivity contribution in [2.45, 2.75) is 5.92 Å². The standard InChI is InChI=1S/C6H7ClN2O2S/c7-6-9-2-4(12-6)3(1-8)5(10)11/h2-3H,1,8H2,(H,10,11). The maximum absolute atomic E-state index is 10.6. The average Bonchev–Trinajstić information content (AvgIpc) is 2.37. The molecular weight excluding hydrogens is 200 g/mol. The molecule has 1 aromatic heterocycles. The van der Waals surface area contributed by atoms with Gasteiger partial charge in [-0.15, -0.1) is 11.3 Å². The SMILES string of the molecule is NCC(C(=O)O)c1cnc(Cl)s1. The zero-order valence-electron chi connectivity index (χ0n) is 6.03. The van der Waals surface area contributed by atoms with Gasteiger partial charge in [0.2, 0.25) is 0 Å². The number of hydrogen-bond donors (Lipinski definition) is 2. The molecule has 0 saturated carbocycles. The zero-order chi connectivity index (χ0) is 9.14. The van der Waals surface area contributed by atoms with Crippen molar-refractivity contribution in [3.05, 3.63) is 15.5 Å². The highest BCUT2D eigenvalue weighted by Gasteiger charge is 2.20. The Morgan fingerprint density at radius 3 is 2.92 bits per heavy atom. The van der Waals surface area contributed by atoms with Gasteiger partial charge in [-0.25, -0.2) is 4.98 Å². The van der Waals surface area contributed by atoms with Crippen LogP contribution in [0.3, 0.4) is 0 Å². The first-order chi connectivity index (χ1) is 5.65. The lowest BCUT2D eigenvalue weighted by Crippen LogP contribution is -2.19. The van der Waals surface area contributed by atoms with E-state index in [2.05, 4.69) is 4.98 Å². The van der Waals surface area contributed by atoms with E-state index < -0.39 is 11.9 Å². The lowest BCUT2D eigenvalue weighted by Gasteiger charge is -2.04. The first-order valence-electron chi connectivity index (χ1n) is 3.19. The minimum atomic E-state index is -0.946. The molecule has 1 atom stereocenters. The fourth-order valence-corrected chi connectivity index (χ4v) is 1.82. The normalized spacial score (nSPS) is 12.8. The molecule has 0 aliphatic carbocycles. The van der Waals surface area contributed by atoms with Crippen molar-refractivity contribution in [2.24, 2.45) is 5.73 Å². The number of carboxylic acids is 1. The smallest absolute Gasteiger partial charge is 0.313 e. The van der Waals surface area contributed by atoms with Gasteiger partial charge in [0.15, 0.2) is 4.47 Å². The molecule has 0 spiro atoms. The molecule has 66 valence electrons. The molecule has 0 fully saturated rings. The summed E-state index contributed by atoms with van der Waals surface area (Å²) in [5, 5.41) is 8.69. The molecule has 0 radical (unpaired) electrons. The van der Waals surface area contributed by atoms with Crippen LogP contribution in [0.1, 0.15) is 10.8 Å². The van der Waals surface area contributed by atoms with Crippen LogP contribution in [0, 0.1) is 0 Å². The van der Waals surface area contributed by atoms with Crippen LogP contribution in [-0.4, -0.2) is 22.6 Å². The highest BCUT2D eigenvalue weighted by molar-refractivity contribution is 7.15. The van der Waals surface area contributed by atoms with Crippen LogP contribution in [0.4, 0.5) is 0 Å². The number of nitrogens with two attached hydrogens (primary N) is 1. The second-order valence-corrected chi connectivity index (χ2v) is 3.79. The van der Waals surface area contributed by atoms with Crippen molar-refractivity contribution in [2.75, 3.05) is 6.54 Å². The number of thiazole rings is 1. The van der Waals surface area contributed by atoms with E-state index in [1.54, 1.807) is 0 Å². The molecule has 4 nitrogen and oxygen atoms in total. The van der Waals surface area contributed by atoms with Gasteiger partial charge >= 0.3 is 5.97 Å². The van der Waals surface area contributed by atoms with Crippen LogP contribution in [-0.2, 0) is 4.79 Å². The van der Waals surface area contributed by atoms with Crippen LogP contribution in [0.15, 0.2) is 6.20 Å². The topological polar surface area (TPSA) is 76.2 Å².